The van der Waals surface area contributed by atoms with Crippen LogP contribution in [0.3, 0.4) is 0 Å². The molecule has 0 radical (unpaired) electrons. The average Bonchev–Trinajstić information content (AvgIpc) is 2.88. The first-order chi connectivity index (χ1) is 9.15. The molecule has 1 aliphatic carbocycles. The minimum Gasteiger partial charge on any atom is -0.311 e. The van der Waals surface area contributed by atoms with Crippen LogP contribution in [0.1, 0.15) is 43.2 Å². The van der Waals surface area contributed by atoms with Crippen molar-refractivity contribution in [3.05, 3.63) is 35.4 Å². The van der Waals surface area contributed by atoms with Crippen molar-refractivity contribution in [3.8, 4) is 0 Å². The quantitative estimate of drug-likeness (QED) is 0.832. The Kier molecular flexibility index (Phi) is 5.22. The molecule has 0 aromatic heterocycles. The minimum atomic E-state index is -2.38. The molecular weight excluding hydrogens is 264 g/mol. The van der Waals surface area contributed by atoms with Crippen LogP contribution in [-0.2, 0) is 6.54 Å². The summed E-state index contributed by atoms with van der Waals surface area (Å²) in [5.74, 6) is 0. The molecule has 2 rings (SSSR count). The lowest BCUT2D eigenvalue weighted by Crippen LogP contribution is -2.34. The third-order valence-corrected chi connectivity index (χ3v) is 5.35. The van der Waals surface area contributed by atoms with Crippen molar-refractivity contribution in [1.29, 1.82) is 0 Å². The Balaban J connectivity index is 1.87. The molecule has 1 N–H and O–H groups in total. The standard InChI is InChI=1S/C15H21F2NS/c1-19-15(7-2-3-8-15)11-18-10-12-5-4-6-13(9-12)14(16)17/h4-6,9,14,18H,2-3,7-8,10-11H2,1H3. The van der Waals surface area contributed by atoms with E-state index in [2.05, 4.69) is 11.6 Å². The van der Waals surface area contributed by atoms with Gasteiger partial charge in [-0.15, -0.1) is 0 Å². The lowest BCUT2D eigenvalue weighted by molar-refractivity contribution is 0.151. The zero-order valence-corrected chi connectivity index (χ0v) is 12.1. The lowest BCUT2D eigenvalue weighted by atomic mass is 10.1. The molecule has 1 fully saturated rings. The van der Waals surface area contributed by atoms with E-state index in [9.17, 15) is 8.78 Å². The van der Waals surface area contributed by atoms with Crippen molar-refractivity contribution < 1.29 is 8.78 Å². The first-order valence-electron chi connectivity index (χ1n) is 6.78. The Morgan fingerprint density at radius 2 is 2.05 bits per heavy atom. The number of nitrogens with one attached hydrogen (secondary N) is 1. The molecule has 0 spiro atoms. The van der Waals surface area contributed by atoms with Crippen LogP contribution in [0.4, 0.5) is 8.78 Å². The minimum absolute atomic E-state index is 0.111. The maximum absolute atomic E-state index is 12.6. The van der Waals surface area contributed by atoms with Crippen LogP contribution in [0.25, 0.3) is 0 Å². The molecule has 1 aliphatic rings. The molecule has 0 amide bonds. The van der Waals surface area contributed by atoms with Crippen LogP contribution in [0.5, 0.6) is 0 Å². The molecule has 1 aromatic rings. The van der Waals surface area contributed by atoms with Gasteiger partial charge in [-0.25, -0.2) is 8.78 Å². The molecule has 1 nitrogen and oxygen atoms in total. The summed E-state index contributed by atoms with van der Waals surface area (Å²) in [6, 6.07) is 6.68. The predicted molar refractivity (Wildman–Crippen MR) is 77.8 cm³/mol. The fourth-order valence-corrected chi connectivity index (χ4v) is 3.69. The smallest absolute Gasteiger partial charge is 0.263 e. The summed E-state index contributed by atoms with van der Waals surface area (Å²) in [5, 5.41) is 3.44. The second-order valence-corrected chi connectivity index (χ2v) is 6.52. The van der Waals surface area contributed by atoms with Gasteiger partial charge in [-0.1, -0.05) is 31.0 Å². The van der Waals surface area contributed by atoms with E-state index < -0.39 is 6.43 Å². The maximum atomic E-state index is 12.6. The molecule has 0 bridgehead atoms. The van der Waals surface area contributed by atoms with Gasteiger partial charge in [0.15, 0.2) is 0 Å². The fraction of sp³-hybridized carbons (Fsp3) is 0.600. The number of hydrogen-bond donors (Lipinski definition) is 1. The summed E-state index contributed by atoms with van der Waals surface area (Å²) in [6.07, 6.45) is 4.93. The van der Waals surface area contributed by atoms with Gasteiger partial charge in [0.1, 0.15) is 0 Å². The zero-order chi connectivity index (χ0) is 13.7. The highest BCUT2D eigenvalue weighted by molar-refractivity contribution is 8.00. The molecule has 0 unspecified atom stereocenters. The van der Waals surface area contributed by atoms with Crippen molar-refractivity contribution in [2.75, 3.05) is 12.8 Å². The van der Waals surface area contributed by atoms with Crippen LogP contribution < -0.4 is 5.32 Å². The number of alkyl halides is 2. The Labute approximate surface area is 118 Å². The number of benzene rings is 1. The number of rotatable bonds is 6. The topological polar surface area (TPSA) is 12.0 Å². The zero-order valence-electron chi connectivity index (χ0n) is 11.3. The van der Waals surface area contributed by atoms with Crippen LogP contribution in [-0.4, -0.2) is 17.5 Å². The molecule has 19 heavy (non-hydrogen) atoms. The van der Waals surface area contributed by atoms with Crippen LogP contribution in [0, 0.1) is 0 Å². The van der Waals surface area contributed by atoms with Gasteiger partial charge >= 0.3 is 0 Å². The molecule has 0 atom stereocenters. The third kappa shape index (κ3) is 3.93. The van der Waals surface area contributed by atoms with Gasteiger partial charge in [0.2, 0.25) is 0 Å². The van der Waals surface area contributed by atoms with E-state index in [0.717, 1.165) is 12.1 Å². The van der Waals surface area contributed by atoms with Crippen molar-refractivity contribution in [2.45, 2.75) is 43.4 Å². The monoisotopic (exact) mass is 285 g/mol. The van der Waals surface area contributed by atoms with Crippen LogP contribution in [0.15, 0.2) is 24.3 Å². The molecule has 106 valence electrons. The Morgan fingerprint density at radius 3 is 2.68 bits per heavy atom. The Bertz CT molecular complexity index is 403. The fourth-order valence-electron chi connectivity index (χ4n) is 2.75. The molecule has 4 heteroatoms. The molecule has 0 saturated heterocycles. The molecule has 1 aromatic carbocycles. The summed E-state index contributed by atoms with van der Waals surface area (Å²) >= 11 is 1.94. The summed E-state index contributed by atoms with van der Waals surface area (Å²) in [7, 11) is 0. The normalized spacial score (nSPS) is 18.1. The van der Waals surface area contributed by atoms with Gasteiger partial charge in [0.05, 0.1) is 0 Å². The molecule has 0 heterocycles. The van der Waals surface area contributed by atoms with Crippen LogP contribution >= 0.6 is 11.8 Å². The maximum Gasteiger partial charge on any atom is 0.263 e. The molecule has 0 aliphatic heterocycles. The Morgan fingerprint density at radius 1 is 1.32 bits per heavy atom. The summed E-state index contributed by atoms with van der Waals surface area (Å²) in [5.41, 5.74) is 1.05. The van der Waals surface area contributed by atoms with E-state index in [0.29, 0.717) is 11.3 Å². The highest BCUT2D eigenvalue weighted by Crippen LogP contribution is 2.39. The second-order valence-electron chi connectivity index (χ2n) is 5.24. The van der Waals surface area contributed by atoms with E-state index in [-0.39, 0.29) is 5.56 Å². The van der Waals surface area contributed by atoms with Crippen molar-refractivity contribution in [2.24, 2.45) is 0 Å². The summed E-state index contributed by atoms with van der Waals surface area (Å²) in [4.78, 5) is 0. The van der Waals surface area contributed by atoms with Crippen molar-refractivity contribution >= 4 is 11.8 Å². The largest absolute Gasteiger partial charge is 0.311 e. The van der Waals surface area contributed by atoms with Gasteiger partial charge in [-0.3, -0.25) is 0 Å². The van der Waals surface area contributed by atoms with E-state index in [1.807, 2.05) is 17.8 Å². The van der Waals surface area contributed by atoms with Crippen LogP contribution in [0.2, 0.25) is 0 Å². The van der Waals surface area contributed by atoms with Crippen molar-refractivity contribution in [3.63, 3.8) is 0 Å². The number of thioether (sulfide) groups is 1. The highest BCUT2D eigenvalue weighted by Gasteiger charge is 2.32. The van der Waals surface area contributed by atoms with Gasteiger partial charge in [-0.2, -0.15) is 11.8 Å². The molecule has 1 saturated carbocycles. The van der Waals surface area contributed by atoms with E-state index in [4.69, 9.17) is 0 Å². The predicted octanol–water partition coefficient (Wildman–Crippen LogP) is 4.39. The van der Waals surface area contributed by atoms with Gasteiger partial charge < -0.3 is 5.32 Å². The first kappa shape index (κ1) is 14.8. The SMILES string of the molecule is CSC1(CNCc2cccc(C(F)F)c2)CCCC1. The van der Waals surface area contributed by atoms with Gasteiger partial charge in [0.25, 0.3) is 6.43 Å². The number of halogens is 2. The van der Waals surface area contributed by atoms with E-state index >= 15 is 0 Å². The second kappa shape index (κ2) is 6.71. The number of hydrogen-bond acceptors (Lipinski definition) is 2. The third-order valence-electron chi connectivity index (χ3n) is 3.93. The van der Waals surface area contributed by atoms with E-state index in [1.54, 1.807) is 12.1 Å². The summed E-state index contributed by atoms with van der Waals surface area (Å²) in [6.45, 7) is 1.63. The lowest BCUT2D eigenvalue weighted by Gasteiger charge is -2.27. The molecular formula is C15H21F2NS. The first-order valence-corrected chi connectivity index (χ1v) is 8.00. The highest BCUT2D eigenvalue weighted by atomic mass is 32.2. The van der Waals surface area contributed by atoms with Crippen molar-refractivity contribution in [1.82, 2.24) is 5.32 Å². The van der Waals surface area contributed by atoms with Gasteiger partial charge in [0, 0.05) is 23.4 Å². The average molecular weight is 285 g/mol. The Hall–Kier alpha value is -0.610. The van der Waals surface area contributed by atoms with E-state index in [1.165, 1.54) is 31.7 Å². The van der Waals surface area contributed by atoms with Gasteiger partial charge in [-0.05, 0) is 30.7 Å². The summed E-state index contributed by atoms with van der Waals surface area (Å²) < 4.78 is 25.6.